The molecule has 2 aromatic rings. The summed E-state index contributed by atoms with van der Waals surface area (Å²) in [6, 6.07) is 11.3. The minimum atomic E-state index is -0.661. The average molecular weight is 369 g/mol. The van der Waals surface area contributed by atoms with Gasteiger partial charge in [-0.3, -0.25) is 14.9 Å². The van der Waals surface area contributed by atoms with Crippen molar-refractivity contribution in [2.24, 2.45) is 5.92 Å². The number of hydrogen-bond acceptors (Lipinski definition) is 6. The SMILES string of the molecule is COC(=O)c1cc([N+](=O)[O-])ccc1NCc1cccc(NC(=O)C2CC2)c1. The molecule has 2 aromatic carbocycles. The van der Waals surface area contributed by atoms with Crippen LogP contribution in [0.25, 0.3) is 0 Å². The van der Waals surface area contributed by atoms with Crippen LogP contribution in [-0.4, -0.2) is 23.9 Å². The summed E-state index contributed by atoms with van der Waals surface area (Å²) in [6.07, 6.45) is 1.87. The van der Waals surface area contributed by atoms with Gasteiger partial charge in [-0.2, -0.15) is 0 Å². The maximum absolute atomic E-state index is 11.9. The molecule has 0 bridgehead atoms. The molecule has 1 amide bonds. The highest BCUT2D eigenvalue weighted by Gasteiger charge is 2.29. The lowest BCUT2D eigenvalue weighted by atomic mass is 10.1. The van der Waals surface area contributed by atoms with Crippen molar-refractivity contribution < 1.29 is 19.2 Å². The lowest BCUT2D eigenvalue weighted by Gasteiger charge is -2.12. The predicted molar refractivity (Wildman–Crippen MR) is 99.6 cm³/mol. The molecule has 8 heteroatoms. The van der Waals surface area contributed by atoms with Gasteiger partial charge in [-0.25, -0.2) is 4.79 Å². The van der Waals surface area contributed by atoms with E-state index in [0.717, 1.165) is 18.4 Å². The van der Waals surface area contributed by atoms with Crippen LogP contribution in [0.5, 0.6) is 0 Å². The summed E-state index contributed by atoms with van der Waals surface area (Å²) in [7, 11) is 1.22. The molecular weight excluding hydrogens is 350 g/mol. The van der Waals surface area contributed by atoms with Crippen molar-refractivity contribution >= 4 is 28.9 Å². The number of carbonyl (C=O) groups excluding carboxylic acids is 2. The van der Waals surface area contributed by atoms with Gasteiger partial charge in [0.2, 0.25) is 5.91 Å². The lowest BCUT2D eigenvalue weighted by molar-refractivity contribution is -0.384. The predicted octanol–water partition coefficient (Wildman–Crippen LogP) is 3.34. The maximum Gasteiger partial charge on any atom is 0.340 e. The van der Waals surface area contributed by atoms with Crippen molar-refractivity contribution in [1.82, 2.24) is 0 Å². The Hall–Kier alpha value is -3.42. The van der Waals surface area contributed by atoms with Crippen LogP contribution < -0.4 is 10.6 Å². The lowest BCUT2D eigenvalue weighted by Crippen LogP contribution is -2.13. The minimum absolute atomic E-state index is 0.0310. The van der Waals surface area contributed by atoms with E-state index < -0.39 is 10.9 Å². The van der Waals surface area contributed by atoms with Gasteiger partial charge >= 0.3 is 5.97 Å². The Bertz CT molecular complexity index is 893. The number of methoxy groups -OCH3 is 1. The van der Waals surface area contributed by atoms with Gasteiger partial charge in [-0.1, -0.05) is 12.1 Å². The van der Waals surface area contributed by atoms with Gasteiger partial charge < -0.3 is 15.4 Å². The van der Waals surface area contributed by atoms with Crippen LogP contribution in [0.4, 0.5) is 17.1 Å². The third-order valence-electron chi connectivity index (χ3n) is 4.24. The average Bonchev–Trinajstić information content (AvgIpc) is 3.51. The molecule has 0 heterocycles. The zero-order valence-electron chi connectivity index (χ0n) is 14.7. The molecule has 140 valence electrons. The fourth-order valence-corrected chi connectivity index (χ4v) is 2.62. The molecule has 27 heavy (non-hydrogen) atoms. The van der Waals surface area contributed by atoms with Gasteiger partial charge in [0, 0.05) is 36.0 Å². The monoisotopic (exact) mass is 369 g/mol. The fraction of sp³-hybridized carbons (Fsp3) is 0.263. The van der Waals surface area contributed by atoms with E-state index in [1.807, 2.05) is 24.3 Å². The third-order valence-corrected chi connectivity index (χ3v) is 4.24. The number of non-ortho nitro benzene ring substituents is 1. The van der Waals surface area contributed by atoms with E-state index in [2.05, 4.69) is 10.6 Å². The second-order valence-electron chi connectivity index (χ2n) is 6.30. The van der Waals surface area contributed by atoms with Gasteiger partial charge in [0.05, 0.1) is 17.6 Å². The van der Waals surface area contributed by atoms with E-state index in [4.69, 9.17) is 4.74 Å². The molecule has 1 aliphatic carbocycles. The van der Waals surface area contributed by atoms with E-state index in [-0.39, 0.29) is 23.1 Å². The number of benzene rings is 2. The molecule has 0 radical (unpaired) electrons. The van der Waals surface area contributed by atoms with Crippen LogP contribution in [0.1, 0.15) is 28.8 Å². The number of carbonyl (C=O) groups is 2. The summed E-state index contributed by atoms with van der Waals surface area (Å²) in [5, 5.41) is 16.9. The van der Waals surface area contributed by atoms with Gasteiger partial charge in [0.1, 0.15) is 0 Å². The van der Waals surface area contributed by atoms with Gasteiger partial charge in [0.25, 0.3) is 5.69 Å². The van der Waals surface area contributed by atoms with Gasteiger partial charge in [-0.15, -0.1) is 0 Å². The molecule has 0 aliphatic heterocycles. The van der Waals surface area contributed by atoms with Crippen molar-refractivity contribution in [2.75, 3.05) is 17.7 Å². The normalized spacial score (nSPS) is 12.9. The number of ether oxygens (including phenoxy) is 1. The number of amides is 1. The summed E-state index contributed by atoms with van der Waals surface area (Å²) in [6.45, 7) is 0.370. The standard InChI is InChI=1S/C19H19N3O5/c1-27-19(24)16-10-15(22(25)26)7-8-17(16)20-11-12-3-2-4-14(9-12)21-18(23)13-5-6-13/h2-4,7-10,13,20H,5-6,11H2,1H3,(H,21,23). The first-order valence-corrected chi connectivity index (χ1v) is 8.48. The van der Waals surface area contributed by atoms with Crippen molar-refractivity contribution in [3.8, 4) is 0 Å². The Labute approximate surface area is 155 Å². The topological polar surface area (TPSA) is 111 Å². The molecule has 1 saturated carbocycles. The first-order chi connectivity index (χ1) is 13.0. The highest BCUT2D eigenvalue weighted by atomic mass is 16.6. The van der Waals surface area contributed by atoms with Crippen LogP contribution in [0.2, 0.25) is 0 Å². The Kier molecular flexibility index (Phi) is 5.35. The highest BCUT2D eigenvalue weighted by molar-refractivity contribution is 5.96. The minimum Gasteiger partial charge on any atom is -0.465 e. The quantitative estimate of drug-likeness (QED) is 0.440. The zero-order chi connectivity index (χ0) is 19.4. The summed E-state index contributed by atoms with van der Waals surface area (Å²) in [4.78, 5) is 34.2. The number of rotatable bonds is 7. The molecule has 1 aliphatic rings. The van der Waals surface area contributed by atoms with Gasteiger partial charge in [-0.05, 0) is 36.6 Å². The second kappa shape index (κ2) is 7.86. The number of nitrogens with zero attached hydrogens (tertiary/aromatic N) is 1. The molecule has 0 atom stereocenters. The van der Waals surface area contributed by atoms with Gasteiger partial charge in [0.15, 0.2) is 0 Å². The number of nitrogens with one attached hydrogen (secondary N) is 2. The first kappa shape index (κ1) is 18.4. The first-order valence-electron chi connectivity index (χ1n) is 8.48. The second-order valence-corrected chi connectivity index (χ2v) is 6.30. The number of anilines is 2. The van der Waals surface area contributed by atoms with Crippen molar-refractivity contribution in [2.45, 2.75) is 19.4 Å². The molecule has 0 unspecified atom stereocenters. The summed E-state index contributed by atoms with van der Waals surface area (Å²) < 4.78 is 4.71. The van der Waals surface area contributed by atoms with E-state index >= 15 is 0 Å². The highest BCUT2D eigenvalue weighted by Crippen LogP contribution is 2.30. The Morgan fingerprint density at radius 3 is 2.67 bits per heavy atom. The van der Waals surface area contributed by atoms with Crippen LogP contribution in [0.3, 0.4) is 0 Å². The Balaban J connectivity index is 1.73. The molecule has 2 N–H and O–H groups in total. The molecule has 0 saturated heterocycles. The van der Waals surface area contributed by atoms with E-state index in [0.29, 0.717) is 17.9 Å². The van der Waals surface area contributed by atoms with Crippen LogP contribution in [0, 0.1) is 16.0 Å². The van der Waals surface area contributed by atoms with Crippen LogP contribution in [-0.2, 0) is 16.1 Å². The molecule has 8 nitrogen and oxygen atoms in total. The smallest absolute Gasteiger partial charge is 0.340 e. The molecule has 3 rings (SSSR count). The van der Waals surface area contributed by atoms with Crippen LogP contribution >= 0.6 is 0 Å². The van der Waals surface area contributed by atoms with Crippen molar-refractivity contribution in [3.05, 3.63) is 63.7 Å². The van der Waals surface area contributed by atoms with Crippen molar-refractivity contribution in [1.29, 1.82) is 0 Å². The summed E-state index contributed by atoms with van der Waals surface area (Å²) in [5.74, 6) is -0.510. The molecule has 0 aromatic heterocycles. The molecular formula is C19H19N3O5. The third kappa shape index (κ3) is 4.60. The Morgan fingerprint density at radius 1 is 1.22 bits per heavy atom. The largest absolute Gasteiger partial charge is 0.465 e. The number of hydrogen-bond donors (Lipinski definition) is 2. The van der Waals surface area contributed by atoms with E-state index in [1.54, 1.807) is 0 Å². The fourth-order valence-electron chi connectivity index (χ4n) is 2.62. The zero-order valence-corrected chi connectivity index (χ0v) is 14.7. The number of nitro benzene ring substituents is 1. The van der Waals surface area contributed by atoms with Crippen LogP contribution in [0.15, 0.2) is 42.5 Å². The number of esters is 1. The number of nitro groups is 1. The molecule has 0 spiro atoms. The maximum atomic E-state index is 11.9. The Morgan fingerprint density at radius 2 is 2.00 bits per heavy atom. The van der Waals surface area contributed by atoms with Crippen molar-refractivity contribution in [3.63, 3.8) is 0 Å². The summed E-state index contributed by atoms with van der Waals surface area (Å²) >= 11 is 0. The van der Waals surface area contributed by atoms with E-state index in [1.165, 1.54) is 25.3 Å². The molecule has 1 fully saturated rings. The summed E-state index contributed by atoms with van der Waals surface area (Å²) in [5.41, 5.74) is 1.93. The van der Waals surface area contributed by atoms with E-state index in [9.17, 15) is 19.7 Å².